The largest absolute Gasteiger partial charge is 0.456 e. The lowest BCUT2D eigenvalue weighted by Gasteiger charge is -2.28. The molecule has 2 aromatic heterocycles. The van der Waals surface area contributed by atoms with Crippen molar-refractivity contribution < 1.29 is 8.83 Å². The van der Waals surface area contributed by atoms with Crippen molar-refractivity contribution in [3.63, 3.8) is 0 Å². The van der Waals surface area contributed by atoms with Crippen LogP contribution in [0.3, 0.4) is 0 Å². The molecular weight excluding hydrogens is 649 g/mol. The highest BCUT2D eigenvalue weighted by atomic mass is 16.4. The maximum Gasteiger partial charge on any atom is 0.227 e. The van der Waals surface area contributed by atoms with Gasteiger partial charge in [-0.2, -0.15) is 0 Å². The van der Waals surface area contributed by atoms with Crippen molar-refractivity contribution in [1.82, 2.24) is 4.98 Å². The van der Waals surface area contributed by atoms with E-state index in [0.717, 1.165) is 55.7 Å². The number of aromatic nitrogens is 1. The van der Waals surface area contributed by atoms with Gasteiger partial charge in [0.15, 0.2) is 5.58 Å². The van der Waals surface area contributed by atoms with Crippen LogP contribution in [0.25, 0.3) is 66.7 Å². The van der Waals surface area contributed by atoms with Crippen LogP contribution in [0.5, 0.6) is 0 Å². The highest BCUT2D eigenvalue weighted by Crippen LogP contribution is 2.53. The second kappa shape index (κ2) is 10.6. The summed E-state index contributed by atoms with van der Waals surface area (Å²) in [7, 11) is 0. The van der Waals surface area contributed by atoms with E-state index in [1.165, 1.54) is 44.5 Å². The van der Waals surface area contributed by atoms with Gasteiger partial charge in [0, 0.05) is 56.4 Å². The molecule has 2 heterocycles. The Bertz CT molecular complexity index is 2860. The van der Waals surface area contributed by atoms with Gasteiger partial charge in [0.1, 0.15) is 16.7 Å². The summed E-state index contributed by atoms with van der Waals surface area (Å²) in [4.78, 5) is 7.19. The number of nitrogens with zero attached hydrogens (tertiary/aromatic N) is 2. The first-order valence-corrected chi connectivity index (χ1v) is 18.4. The number of fused-ring (bicyclic) bond motifs is 10. The molecule has 0 bridgehead atoms. The number of hydrogen-bond acceptors (Lipinski definition) is 4. The molecule has 4 heteroatoms. The minimum Gasteiger partial charge on any atom is -0.456 e. The van der Waals surface area contributed by atoms with Gasteiger partial charge < -0.3 is 13.7 Å². The summed E-state index contributed by atoms with van der Waals surface area (Å²) in [5, 5.41) is 2.05. The summed E-state index contributed by atoms with van der Waals surface area (Å²) >= 11 is 0. The number of furan rings is 1. The fourth-order valence-corrected chi connectivity index (χ4v) is 9.17. The van der Waals surface area contributed by atoms with Crippen LogP contribution in [0.15, 0.2) is 154 Å². The van der Waals surface area contributed by atoms with Crippen molar-refractivity contribution in [1.29, 1.82) is 0 Å². The first-order valence-electron chi connectivity index (χ1n) is 18.4. The lowest BCUT2D eigenvalue weighted by atomic mass is 9.82. The average molecular weight is 685 g/mol. The van der Waals surface area contributed by atoms with E-state index in [1.54, 1.807) is 0 Å². The zero-order valence-electron chi connectivity index (χ0n) is 30.1. The van der Waals surface area contributed by atoms with Crippen LogP contribution in [0.1, 0.15) is 49.9 Å². The molecule has 0 saturated heterocycles. The van der Waals surface area contributed by atoms with Crippen molar-refractivity contribution in [3.8, 4) is 33.7 Å². The average Bonchev–Trinajstić information content (AvgIpc) is 3.88. The molecule has 0 atom stereocenters. The molecule has 0 unspecified atom stereocenters. The molecule has 0 amide bonds. The first-order chi connectivity index (χ1) is 25.8. The molecule has 0 radical (unpaired) electrons. The summed E-state index contributed by atoms with van der Waals surface area (Å²) in [6.07, 6.45) is 0. The number of rotatable bonds is 4. The molecule has 11 rings (SSSR count). The standard InChI is InChI=1S/C49H36N2O2/c1-48(2)39-16-10-8-14-33(39)36-24-30(19-22-41(36)48)51(31-20-23-42-37(25-31)34-15-9-11-17-40(34)49(42,3)4)32-18-21-35-38-27-46-43(28-45(38)52-44(35)26-32)50-47(53-46)29-12-6-5-7-13-29/h5-28H,1-4H3. The van der Waals surface area contributed by atoms with Crippen LogP contribution in [-0.4, -0.2) is 4.98 Å². The monoisotopic (exact) mass is 684 g/mol. The summed E-state index contributed by atoms with van der Waals surface area (Å²) < 4.78 is 12.9. The predicted octanol–water partition coefficient (Wildman–Crippen LogP) is 13.5. The van der Waals surface area contributed by atoms with E-state index in [9.17, 15) is 0 Å². The van der Waals surface area contributed by atoms with Crippen molar-refractivity contribution >= 4 is 50.1 Å². The second-order valence-corrected chi connectivity index (χ2v) is 15.6. The first kappa shape index (κ1) is 30.3. The molecule has 53 heavy (non-hydrogen) atoms. The lowest BCUT2D eigenvalue weighted by Crippen LogP contribution is -2.16. The van der Waals surface area contributed by atoms with E-state index in [4.69, 9.17) is 13.8 Å². The third-order valence-corrected chi connectivity index (χ3v) is 11.9. The van der Waals surface area contributed by atoms with Crippen LogP contribution in [0.2, 0.25) is 0 Å². The molecule has 0 aliphatic heterocycles. The highest BCUT2D eigenvalue weighted by molar-refractivity contribution is 6.10. The number of hydrogen-bond donors (Lipinski definition) is 0. The third-order valence-electron chi connectivity index (χ3n) is 11.9. The van der Waals surface area contributed by atoms with Gasteiger partial charge in [0.05, 0.1) is 0 Å². The fourth-order valence-electron chi connectivity index (χ4n) is 9.17. The van der Waals surface area contributed by atoms with Gasteiger partial charge in [-0.15, -0.1) is 0 Å². The maximum atomic E-state index is 6.63. The van der Waals surface area contributed by atoms with E-state index >= 15 is 0 Å². The van der Waals surface area contributed by atoms with Crippen LogP contribution in [0.4, 0.5) is 17.1 Å². The van der Waals surface area contributed by atoms with Gasteiger partial charge in [0.25, 0.3) is 0 Å². The Morgan fingerprint density at radius 2 is 0.962 bits per heavy atom. The molecule has 0 N–H and O–H groups in total. The Morgan fingerprint density at radius 3 is 1.60 bits per heavy atom. The van der Waals surface area contributed by atoms with Gasteiger partial charge in [-0.1, -0.05) is 107 Å². The minimum absolute atomic E-state index is 0.0682. The van der Waals surface area contributed by atoms with E-state index < -0.39 is 0 Å². The quantitative estimate of drug-likeness (QED) is 0.185. The zero-order valence-corrected chi connectivity index (χ0v) is 30.1. The predicted molar refractivity (Wildman–Crippen MR) is 217 cm³/mol. The highest BCUT2D eigenvalue weighted by Gasteiger charge is 2.37. The van der Waals surface area contributed by atoms with E-state index in [-0.39, 0.29) is 10.8 Å². The molecule has 2 aliphatic rings. The van der Waals surface area contributed by atoms with Gasteiger partial charge in [-0.3, -0.25) is 0 Å². The van der Waals surface area contributed by atoms with Gasteiger partial charge in [-0.25, -0.2) is 4.98 Å². The smallest absolute Gasteiger partial charge is 0.227 e. The molecule has 254 valence electrons. The van der Waals surface area contributed by atoms with E-state index in [2.05, 4.69) is 142 Å². The Labute approximate surface area is 308 Å². The normalized spacial score (nSPS) is 14.7. The van der Waals surface area contributed by atoms with Gasteiger partial charge in [0.2, 0.25) is 5.89 Å². The van der Waals surface area contributed by atoms with Crippen molar-refractivity contribution in [3.05, 3.63) is 168 Å². The SMILES string of the molecule is CC1(C)c2ccccc2-c2cc(N(c3ccc4c(c3)-c3ccccc3C4(C)C)c3ccc4c(c3)oc3cc5nc(-c6ccccc6)oc5cc34)ccc21. The number of benzene rings is 7. The summed E-state index contributed by atoms with van der Waals surface area (Å²) in [6.45, 7) is 9.33. The molecule has 2 aliphatic carbocycles. The van der Waals surface area contributed by atoms with Crippen LogP contribution >= 0.6 is 0 Å². The molecule has 9 aromatic rings. The molecule has 7 aromatic carbocycles. The topological polar surface area (TPSA) is 42.4 Å². The van der Waals surface area contributed by atoms with Crippen molar-refractivity contribution in [2.75, 3.05) is 4.90 Å². The van der Waals surface area contributed by atoms with E-state index in [1.807, 2.05) is 36.4 Å². The van der Waals surface area contributed by atoms with Crippen LogP contribution in [-0.2, 0) is 10.8 Å². The summed E-state index contributed by atoms with van der Waals surface area (Å²) in [6, 6.07) is 52.3. The zero-order chi connectivity index (χ0) is 35.6. The third kappa shape index (κ3) is 4.27. The Hall–Kier alpha value is -6.39. The van der Waals surface area contributed by atoms with Crippen LogP contribution < -0.4 is 4.90 Å². The summed E-state index contributed by atoms with van der Waals surface area (Å²) in [5.41, 5.74) is 17.8. The number of oxazole rings is 1. The van der Waals surface area contributed by atoms with Gasteiger partial charge in [-0.05, 0) is 99.1 Å². The Balaban J connectivity index is 1.09. The second-order valence-electron chi connectivity index (χ2n) is 15.6. The van der Waals surface area contributed by atoms with E-state index in [0.29, 0.717) is 5.89 Å². The molecule has 4 nitrogen and oxygen atoms in total. The summed E-state index contributed by atoms with van der Waals surface area (Å²) in [5.74, 6) is 0.608. The molecule has 0 saturated carbocycles. The molecular formula is C49H36N2O2. The lowest BCUT2D eigenvalue weighted by molar-refractivity contribution is 0.620. The van der Waals surface area contributed by atoms with Gasteiger partial charge >= 0.3 is 0 Å². The van der Waals surface area contributed by atoms with Crippen LogP contribution in [0, 0.1) is 0 Å². The minimum atomic E-state index is -0.0682. The Kier molecular flexibility index (Phi) is 6.04. The Morgan fingerprint density at radius 1 is 0.434 bits per heavy atom. The maximum absolute atomic E-state index is 6.63. The van der Waals surface area contributed by atoms with Crippen molar-refractivity contribution in [2.24, 2.45) is 0 Å². The van der Waals surface area contributed by atoms with Crippen molar-refractivity contribution in [2.45, 2.75) is 38.5 Å². The molecule has 0 spiro atoms. The number of anilines is 3. The molecule has 0 fully saturated rings. The fraction of sp³-hybridized carbons (Fsp3) is 0.122.